The minimum Gasteiger partial charge on any atom is -0.228 e. The van der Waals surface area contributed by atoms with Gasteiger partial charge in [0.15, 0.2) is 5.82 Å². The van der Waals surface area contributed by atoms with Crippen LogP contribution in [0.25, 0.3) is 22.3 Å². The molecule has 3 rings (SSSR count). The maximum absolute atomic E-state index is 13.2. The van der Waals surface area contributed by atoms with Gasteiger partial charge in [-0.25, -0.2) is 14.4 Å². The highest BCUT2D eigenvalue weighted by Crippen LogP contribution is 2.28. The molecule has 2 aromatic heterocycles. The first-order valence-corrected chi connectivity index (χ1v) is 6.63. The number of halogens is 2. The lowest BCUT2D eigenvalue weighted by atomic mass is 10.2. The fourth-order valence-corrected chi connectivity index (χ4v) is 2.84. The highest BCUT2D eigenvalue weighted by Gasteiger charge is 2.11. The van der Waals surface area contributed by atoms with Gasteiger partial charge in [-0.2, -0.15) is 11.3 Å². The van der Waals surface area contributed by atoms with Gasteiger partial charge in [-0.1, -0.05) is 11.6 Å². The zero-order valence-corrected chi connectivity index (χ0v) is 11.0. The van der Waals surface area contributed by atoms with E-state index in [1.165, 1.54) is 12.1 Å². The number of benzene rings is 1. The predicted molar refractivity (Wildman–Crippen MR) is 72.6 cm³/mol. The van der Waals surface area contributed by atoms with Gasteiger partial charge in [0.25, 0.3) is 0 Å². The first-order valence-electron chi connectivity index (χ1n) is 5.31. The van der Waals surface area contributed by atoms with Crippen molar-refractivity contribution in [1.82, 2.24) is 9.97 Å². The normalized spacial score (nSPS) is 11.1. The molecular formula is C13H8ClFN2S. The van der Waals surface area contributed by atoms with Gasteiger partial charge in [0.05, 0.1) is 5.52 Å². The van der Waals surface area contributed by atoms with Crippen molar-refractivity contribution < 1.29 is 4.39 Å². The summed E-state index contributed by atoms with van der Waals surface area (Å²) in [5.41, 5.74) is 2.55. The summed E-state index contributed by atoms with van der Waals surface area (Å²) < 4.78 is 13.2. The number of fused-ring (bicyclic) bond motifs is 1. The van der Waals surface area contributed by atoms with Crippen LogP contribution < -0.4 is 0 Å². The third kappa shape index (κ3) is 1.87. The van der Waals surface area contributed by atoms with Gasteiger partial charge in [0, 0.05) is 22.4 Å². The Morgan fingerprint density at radius 2 is 2.06 bits per heavy atom. The van der Waals surface area contributed by atoms with Gasteiger partial charge in [0.2, 0.25) is 0 Å². The Morgan fingerprint density at radius 1 is 1.22 bits per heavy atom. The van der Waals surface area contributed by atoms with E-state index >= 15 is 0 Å². The topological polar surface area (TPSA) is 25.8 Å². The van der Waals surface area contributed by atoms with Crippen LogP contribution in [0.15, 0.2) is 29.0 Å². The molecule has 0 bridgehead atoms. The molecule has 18 heavy (non-hydrogen) atoms. The van der Waals surface area contributed by atoms with Crippen LogP contribution in [0.1, 0.15) is 5.56 Å². The third-order valence-electron chi connectivity index (χ3n) is 2.71. The molecule has 0 spiro atoms. The molecule has 0 aliphatic heterocycles. The third-order valence-corrected chi connectivity index (χ3v) is 3.86. The first-order chi connectivity index (χ1) is 8.65. The lowest BCUT2D eigenvalue weighted by molar-refractivity contribution is 0.629. The largest absolute Gasteiger partial charge is 0.228 e. The van der Waals surface area contributed by atoms with Crippen molar-refractivity contribution >= 4 is 33.8 Å². The molecule has 0 saturated carbocycles. The molecule has 1 aromatic carbocycles. The summed E-state index contributed by atoms with van der Waals surface area (Å²) in [7, 11) is 0. The van der Waals surface area contributed by atoms with Crippen molar-refractivity contribution in [1.29, 1.82) is 0 Å². The van der Waals surface area contributed by atoms with Crippen LogP contribution >= 0.6 is 22.9 Å². The molecule has 0 aliphatic rings. The molecule has 3 aromatic rings. The van der Waals surface area contributed by atoms with Gasteiger partial charge in [-0.05, 0) is 30.0 Å². The zero-order valence-electron chi connectivity index (χ0n) is 9.45. The van der Waals surface area contributed by atoms with E-state index in [0.29, 0.717) is 21.9 Å². The van der Waals surface area contributed by atoms with E-state index in [0.717, 1.165) is 11.1 Å². The highest BCUT2D eigenvalue weighted by atomic mass is 35.5. The maximum Gasteiger partial charge on any atom is 0.162 e. The van der Waals surface area contributed by atoms with E-state index < -0.39 is 0 Å². The maximum atomic E-state index is 13.2. The summed E-state index contributed by atoms with van der Waals surface area (Å²) in [5, 5.41) is 4.99. The Morgan fingerprint density at radius 3 is 2.78 bits per heavy atom. The summed E-state index contributed by atoms with van der Waals surface area (Å²) in [4.78, 5) is 8.64. The summed E-state index contributed by atoms with van der Waals surface area (Å²) in [6.07, 6.45) is 0. The molecule has 0 atom stereocenters. The van der Waals surface area contributed by atoms with Crippen LogP contribution in [-0.4, -0.2) is 9.97 Å². The van der Waals surface area contributed by atoms with Gasteiger partial charge in [0.1, 0.15) is 11.0 Å². The Balaban J connectivity index is 2.30. The van der Waals surface area contributed by atoms with Gasteiger partial charge < -0.3 is 0 Å². The SMILES string of the molecule is Cc1cscc1-c1nc(Cl)c2ccc(F)cc2n1. The lowest BCUT2D eigenvalue weighted by Gasteiger charge is -2.04. The van der Waals surface area contributed by atoms with Crippen LogP contribution in [0.5, 0.6) is 0 Å². The van der Waals surface area contributed by atoms with Crippen molar-refractivity contribution in [3.8, 4) is 11.4 Å². The molecule has 2 heterocycles. The average Bonchev–Trinajstić information content (AvgIpc) is 2.74. The number of thiophene rings is 1. The summed E-state index contributed by atoms with van der Waals surface area (Å²) in [6, 6.07) is 4.32. The van der Waals surface area contributed by atoms with Gasteiger partial charge in [-0.15, -0.1) is 0 Å². The van der Waals surface area contributed by atoms with Crippen LogP contribution in [0.2, 0.25) is 5.15 Å². The minimum absolute atomic E-state index is 0.328. The van der Waals surface area contributed by atoms with Crippen molar-refractivity contribution in [2.45, 2.75) is 6.92 Å². The molecule has 0 aliphatic carbocycles. The average molecular weight is 279 g/mol. The molecule has 0 radical (unpaired) electrons. The molecule has 0 saturated heterocycles. The van der Waals surface area contributed by atoms with Gasteiger partial charge >= 0.3 is 0 Å². The summed E-state index contributed by atoms with van der Waals surface area (Å²) in [6.45, 7) is 1.98. The first kappa shape index (κ1) is 11.6. The summed E-state index contributed by atoms with van der Waals surface area (Å²) in [5.74, 6) is 0.210. The highest BCUT2D eigenvalue weighted by molar-refractivity contribution is 7.08. The number of aromatic nitrogens is 2. The van der Waals surface area contributed by atoms with E-state index in [1.54, 1.807) is 17.4 Å². The van der Waals surface area contributed by atoms with Crippen LogP contribution in [0, 0.1) is 12.7 Å². The summed E-state index contributed by atoms with van der Waals surface area (Å²) >= 11 is 7.69. The lowest BCUT2D eigenvalue weighted by Crippen LogP contribution is -1.92. The second-order valence-electron chi connectivity index (χ2n) is 3.97. The number of nitrogens with zero attached hydrogens (tertiary/aromatic N) is 2. The minimum atomic E-state index is -0.328. The van der Waals surface area contributed by atoms with Crippen LogP contribution in [0.4, 0.5) is 4.39 Å². The number of hydrogen-bond donors (Lipinski definition) is 0. The molecule has 0 N–H and O–H groups in total. The molecule has 5 heteroatoms. The van der Waals surface area contributed by atoms with Crippen molar-refractivity contribution in [3.05, 3.63) is 45.5 Å². The molecule has 90 valence electrons. The molecule has 0 unspecified atom stereocenters. The second-order valence-corrected chi connectivity index (χ2v) is 5.07. The molecular weight excluding hydrogens is 271 g/mol. The Kier molecular flexibility index (Phi) is 2.76. The van der Waals surface area contributed by atoms with Crippen molar-refractivity contribution in [3.63, 3.8) is 0 Å². The fourth-order valence-electron chi connectivity index (χ4n) is 1.77. The van der Waals surface area contributed by atoms with Crippen LogP contribution in [0.3, 0.4) is 0 Å². The smallest absolute Gasteiger partial charge is 0.162 e. The van der Waals surface area contributed by atoms with E-state index in [4.69, 9.17) is 11.6 Å². The number of hydrogen-bond acceptors (Lipinski definition) is 3. The van der Waals surface area contributed by atoms with Crippen LogP contribution in [-0.2, 0) is 0 Å². The van der Waals surface area contributed by atoms with Crippen molar-refractivity contribution in [2.24, 2.45) is 0 Å². The Hall–Kier alpha value is -1.52. The van der Waals surface area contributed by atoms with Crippen molar-refractivity contribution in [2.75, 3.05) is 0 Å². The number of aryl methyl sites for hydroxylation is 1. The standard InChI is InChI=1S/C13H8ClFN2S/c1-7-5-18-6-10(7)13-16-11-4-8(15)2-3-9(11)12(14)17-13/h2-6H,1H3. The van der Waals surface area contributed by atoms with E-state index in [1.807, 2.05) is 17.7 Å². The predicted octanol–water partition coefficient (Wildman–Crippen LogP) is 4.46. The Bertz CT molecular complexity index is 739. The van der Waals surface area contributed by atoms with E-state index in [2.05, 4.69) is 9.97 Å². The zero-order chi connectivity index (χ0) is 12.7. The van der Waals surface area contributed by atoms with E-state index in [9.17, 15) is 4.39 Å². The van der Waals surface area contributed by atoms with E-state index in [-0.39, 0.29) is 5.82 Å². The second kappa shape index (κ2) is 4.30. The fraction of sp³-hybridized carbons (Fsp3) is 0.0769. The quantitative estimate of drug-likeness (QED) is 0.614. The molecule has 2 nitrogen and oxygen atoms in total. The monoisotopic (exact) mass is 278 g/mol. The number of rotatable bonds is 1. The van der Waals surface area contributed by atoms with Gasteiger partial charge in [-0.3, -0.25) is 0 Å². The molecule has 0 amide bonds. The molecule has 0 fully saturated rings. The Labute approximate surface area is 112 Å².